The van der Waals surface area contributed by atoms with Gasteiger partial charge in [0, 0.05) is 11.6 Å². The lowest BCUT2D eigenvalue weighted by Crippen LogP contribution is -2.27. The van der Waals surface area contributed by atoms with Crippen LogP contribution in [-0.4, -0.2) is 33.0 Å². The molecule has 0 saturated carbocycles. The fourth-order valence-electron chi connectivity index (χ4n) is 1.77. The largest absolute Gasteiger partial charge is 0.508 e. The van der Waals surface area contributed by atoms with Gasteiger partial charge in [0.25, 0.3) is 0 Å². The zero-order valence-corrected chi connectivity index (χ0v) is 12.8. The Morgan fingerprint density at radius 1 is 1.26 bits per heavy atom. The average Bonchev–Trinajstić information content (AvgIpc) is 2.88. The van der Waals surface area contributed by atoms with Crippen molar-refractivity contribution in [3.8, 4) is 17.0 Å². The van der Waals surface area contributed by atoms with Crippen LogP contribution in [0.2, 0.25) is 0 Å². The maximum atomic E-state index is 11.9. The molecule has 0 saturated heterocycles. The molecule has 0 aliphatic carbocycles. The highest BCUT2D eigenvalue weighted by Crippen LogP contribution is 2.31. The first-order valence-corrected chi connectivity index (χ1v) is 6.69. The topological polar surface area (TPSA) is 122 Å². The quantitative estimate of drug-likeness (QED) is 0.743. The zero-order valence-electron chi connectivity index (χ0n) is 12.8. The van der Waals surface area contributed by atoms with Gasteiger partial charge >= 0.3 is 12.1 Å². The molecule has 0 bridgehead atoms. The van der Waals surface area contributed by atoms with Crippen LogP contribution < -0.4 is 5.32 Å². The molecule has 2 rings (SSSR count). The molecule has 1 amide bonds. The molecular formula is C15H16N2O6. The molecule has 2 aromatic rings. The number of carboxylic acid groups (broad SMARTS) is 1. The second kappa shape index (κ2) is 5.99. The number of phenols is 1. The summed E-state index contributed by atoms with van der Waals surface area (Å²) in [5.74, 6) is -1.70. The van der Waals surface area contributed by atoms with Gasteiger partial charge in [0.05, 0.1) is 5.69 Å². The van der Waals surface area contributed by atoms with Gasteiger partial charge in [-0.2, -0.15) is 0 Å². The van der Waals surface area contributed by atoms with Crippen LogP contribution in [0.5, 0.6) is 5.75 Å². The molecule has 0 aliphatic rings. The van der Waals surface area contributed by atoms with E-state index in [2.05, 4.69) is 15.0 Å². The Kier molecular flexibility index (Phi) is 4.26. The standard InChI is InChI=1S/C15H16N2O6/c1-15(2,3)22-14(21)16-10-5-4-8(18)6-9(10)11-7-12(13(19)20)23-17-11/h4-7,18H,1-3H3,(H,16,21)(H,19,20). The molecule has 3 N–H and O–H groups in total. The number of aromatic carboxylic acids is 1. The van der Waals surface area contributed by atoms with Gasteiger partial charge < -0.3 is 19.5 Å². The Hall–Kier alpha value is -3.03. The van der Waals surface area contributed by atoms with Gasteiger partial charge in [-0.3, -0.25) is 5.32 Å². The molecule has 0 atom stereocenters. The van der Waals surface area contributed by atoms with E-state index in [0.717, 1.165) is 0 Å². The summed E-state index contributed by atoms with van der Waals surface area (Å²) >= 11 is 0. The summed E-state index contributed by atoms with van der Waals surface area (Å²) in [7, 11) is 0. The molecule has 122 valence electrons. The number of nitrogens with one attached hydrogen (secondary N) is 1. The summed E-state index contributed by atoms with van der Waals surface area (Å²) in [6.07, 6.45) is -0.689. The number of nitrogens with zero attached hydrogens (tertiary/aromatic N) is 1. The zero-order chi connectivity index (χ0) is 17.2. The lowest BCUT2D eigenvalue weighted by Gasteiger charge is -2.20. The Balaban J connectivity index is 2.33. The number of aromatic nitrogens is 1. The number of hydrogen-bond donors (Lipinski definition) is 3. The van der Waals surface area contributed by atoms with E-state index >= 15 is 0 Å². The van der Waals surface area contributed by atoms with Crippen LogP contribution in [0.4, 0.5) is 10.5 Å². The lowest BCUT2D eigenvalue weighted by molar-refractivity contribution is 0.0631. The molecule has 0 radical (unpaired) electrons. The number of amides is 1. The summed E-state index contributed by atoms with van der Waals surface area (Å²) in [6.45, 7) is 5.17. The molecule has 1 aromatic heterocycles. The maximum Gasteiger partial charge on any atom is 0.412 e. The van der Waals surface area contributed by atoms with E-state index in [1.54, 1.807) is 20.8 Å². The third-order valence-corrected chi connectivity index (χ3v) is 2.64. The average molecular weight is 320 g/mol. The van der Waals surface area contributed by atoms with Gasteiger partial charge in [-0.05, 0) is 39.0 Å². The van der Waals surface area contributed by atoms with Crippen LogP contribution in [-0.2, 0) is 4.74 Å². The van der Waals surface area contributed by atoms with Gasteiger partial charge in [-0.1, -0.05) is 5.16 Å². The molecule has 1 aromatic carbocycles. The smallest absolute Gasteiger partial charge is 0.412 e. The number of hydrogen-bond acceptors (Lipinski definition) is 6. The Labute approximate surface area is 131 Å². The summed E-state index contributed by atoms with van der Waals surface area (Å²) < 4.78 is 9.84. The van der Waals surface area contributed by atoms with E-state index in [4.69, 9.17) is 9.84 Å². The van der Waals surface area contributed by atoms with Gasteiger partial charge in [0.1, 0.15) is 17.0 Å². The van der Waals surface area contributed by atoms with Crippen LogP contribution in [0, 0.1) is 0 Å². The molecule has 0 unspecified atom stereocenters. The third-order valence-electron chi connectivity index (χ3n) is 2.64. The van der Waals surface area contributed by atoms with Crippen LogP contribution in [0.3, 0.4) is 0 Å². The first-order chi connectivity index (χ1) is 10.7. The SMILES string of the molecule is CC(C)(C)OC(=O)Nc1ccc(O)cc1-c1cc(C(=O)O)on1. The number of carbonyl (C=O) groups excluding carboxylic acids is 1. The number of benzene rings is 1. The minimum absolute atomic E-state index is 0.0744. The number of anilines is 1. The van der Waals surface area contributed by atoms with E-state index < -0.39 is 17.7 Å². The van der Waals surface area contributed by atoms with Crippen molar-refractivity contribution in [1.29, 1.82) is 0 Å². The van der Waals surface area contributed by atoms with Gasteiger partial charge in [-0.15, -0.1) is 0 Å². The molecule has 0 fully saturated rings. The van der Waals surface area contributed by atoms with E-state index in [0.29, 0.717) is 11.3 Å². The van der Waals surface area contributed by atoms with Crippen LogP contribution in [0.15, 0.2) is 28.8 Å². The molecule has 0 spiro atoms. The molecule has 1 heterocycles. The lowest BCUT2D eigenvalue weighted by atomic mass is 10.1. The minimum Gasteiger partial charge on any atom is -0.508 e. The van der Waals surface area contributed by atoms with Gasteiger partial charge in [0.2, 0.25) is 5.76 Å². The van der Waals surface area contributed by atoms with E-state index in [1.165, 1.54) is 24.3 Å². The Morgan fingerprint density at radius 2 is 1.96 bits per heavy atom. The monoisotopic (exact) mass is 320 g/mol. The van der Waals surface area contributed by atoms with Gasteiger partial charge in [-0.25, -0.2) is 9.59 Å². The van der Waals surface area contributed by atoms with Crippen molar-refractivity contribution in [3.05, 3.63) is 30.0 Å². The number of rotatable bonds is 3. The minimum atomic E-state index is -1.27. The Morgan fingerprint density at radius 3 is 2.52 bits per heavy atom. The molecular weight excluding hydrogens is 304 g/mol. The van der Waals surface area contributed by atoms with Crippen molar-refractivity contribution in [1.82, 2.24) is 5.16 Å². The number of carboxylic acids is 1. The van der Waals surface area contributed by atoms with E-state index in [1.807, 2.05) is 0 Å². The van der Waals surface area contributed by atoms with Crippen molar-refractivity contribution in [3.63, 3.8) is 0 Å². The summed E-state index contributed by atoms with van der Waals surface area (Å²) in [5, 5.41) is 24.6. The first kappa shape index (κ1) is 16.3. The predicted molar refractivity (Wildman–Crippen MR) is 80.4 cm³/mol. The molecule has 8 nitrogen and oxygen atoms in total. The van der Waals surface area contributed by atoms with Crippen molar-refractivity contribution < 1.29 is 29.1 Å². The highest BCUT2D eigenvalue weighted by molar-refractivity contribution is 5.92. The number of ether oxygens (including phenoxy) is 1. The van der Waals surface area contributed by atoms with Crippen molar-refractivity contribution in [2.75, 3.05) is 5.32 Å². The molecule has 8 heteroatoms. The van der Waals surface area contributed by atoms with Crippen molar-refractivity contribution in [2.45, 2.75) is 26.4 Å². The van der Waals surface area contributed by atoms with E-state index in [-0.39, 0.29) is 17.2 Å². The number of aromatic hydroxyl groups is 1. The van der Waals surface area contributed by atoms with Crippen molar-refractivity contribution in [2.24, 2.45) is 0 Å². The number of carbonyl (C=O) groups is 2. The fourth-order valence-corrected chi connectivity index (χ4v) is 1.77. The fraction of sp³-hybridized carbons (Fsp3) is 0.267. The first-order valence-electron chi connectivity index (χ1n) is 6.69. The summed E-state index contributed by atoms with van der Waals surface area (Å²) in [6, 6.07) is 5.34. The molecule has 0 aliphatic heterocycles. The normalized spacial score (nSPS) is 11.1. The second-order valence-corrected chi connectivity index (χ2v) is 5.74. The summed E-state index contributed by atoms with van der Waals surface area (Å²) in [4.78, 5) is 22.7. The Bertz CT molecular complexity index is 745. The third kappa shape index (κ3) is 4.22. The van der Waals surface area contributed by atoms with E-state index in [9.17, 15) is 14.7 Å². The number of phenolic OH excluding ortho intramolecular Hbond substituents is 1. The van der Waals surface area contributed by atoms with Gasteiger partial charge in [0.15, 0.2) is 0 Å². The van der Waals surface area contributed by atoms with Crippen molar-refractivity contribution >= 4 is 17.7 Å². The molecule has 23 heavy (non-hydrogen) atoms. The van der Waals surface area contributed by atoms with Crippen LogP contribution in [0.1, 0.15) is 31.3 Å². The van der Waals surface area contributed by atoms with Crippen LogP contribution in [0.25, 0.3) is 11.3 Å². The predicted octanol–water partition coefficient (Wildman–Crippen LogP) is 3.09. The highest BCUT2D eigenvalue weighted by atomic mass is 16.6. The summed E-state index contributed by atoms with van der Waals surface area (Å²) in [5.41, 5.74) is 0.0738. The van der Waals surface area contributed by atoms with Crippen LogP contribution >= 0.6 is 0 Å². The second-order valence-electron chi connectivity index (χ2n) is 5.74. The maximum absolute atomic E-state index is 11.9. The highest BCUT2D eigenvalue weighted by Gasteiger charge is 2.20.